The highest BCUT2D eigenvalue weighted by molar-refractivity contribution is 6.20. The number of nitrogens with two attached hydrogens (primary N) is 1. The SMILES string of the molecule is COc1cccc2c1NC(=O)[C@@H](NC(=O)[C@@H](CCC(F)(F)F)[C@@H](CCC(F)(F)F)C(N)=O)N=C2c1ccccc1. The zero-order chi connectivity index (χ0) is 29.7. The predicted molar refractivity (Wildman–Crippen MR) is 132 cm³/mol. The van der Waals surface area contributed by atoms with Gasteiger partial charge in [0.05, 0.1) is 18.5 Å². The third kappa shape index (κ3) is 7.96. The lowest BCUT2D eigenvalue weighted by molar-refractivity contribution is -0.152. The molecule has 0 aromatic heterocycles. The van der Waals surface area contributed by atoms with Crippen LogP contribution < -0.4 is 21.1 Å². The van der Waals surface area contributed by atoms with Crippen LogP contribution in [-0.4, -0.2) is 49.1 Å². The normalized spacial score (nSPS) is 17.0. The first-order chi connectivity index (χ1) is 18.7. The molecular formula is C26H26F6N4O4. The van der Waals surface area contributed by atoms with Crippen LogP contribution in [0.3, 0.4) is 0 Å². The molecule has 0 aliphatic carbocycles. The van der Waals surface area contributed by atoms with Crippen molar-refractivity contribution < 1.29 is 45.5 Å². The Hall–Kier alpha value is -4.10. The van der Waals surface area contributed by atoms with E-state index >= 15 is 0 Å². The molecule has 0 bridgehead atoms. The lowest BCUT2D eigenvalue weighted by Gasteiger charge is -2.26. The van der Waals surface area contributed by atoms with Crippen LogP contribution in [0.1, 0.15) is 36.8 Å². The maximum atomic E-state index is 13.3. The molecule has 3 atom stereocenters. The molecule has 40 heavy (non-hydrogen) atoms. The van der Waals surface area contributed by atoms with Crippen molar-refractivity contribution in [1.82, 2.24) is 5.32 Å². The number of hydrogen-bond acceptors (Lipinski definition) is 5. The van der Waals surface area contributed by atoms with Crippen molar-refractivity contribution in [2.45, 2.75) is 44.2 Å². The second-order valence-electron chi connectivity index (χ2n) is 9.05. The van der Waals surface area contributed by atoms with E-state index in [2.05, 4.69) is 15.6 Å². The number of para-hydroxylation sites is 1. The van der Waals surface area contributed by atoms with Crippen molar-refractivity contribution in [2.24, 2.45) is 22.6 Å². The Morgan fingerprint density at radius 3 is 2.12 bits per heavy atom. The fourth-order valence-corrected chi connectivity index (χ4v) is 4.34. The third-order valence-corrected chi connectivity index (χ3v) is 6.25. The number of ether oxygens (including phenoxy) is 1. The van der Waals surface area contributed by atoms with E-state index in [1.165, 1.54) is 7.11 Å². The molecule has 2 aromatic carbocycles. The van der Waals surface area contributed by atoms with Crippen LogP contribution in [0.4, 0.5) is 32.0 Å². The fourth-order valence-electron chi connectivity index (χ4n) is 4.34. The second kappa shape index (κ2) is 12.4. The molecule has 3 amide bonds. The molecule has 4 N–H and O–H groups in total. The van der Waals surface area contributed by atoms with E-state index in [9.17, 15) is 40.7 Å². The predicted octanol–water partition coefficient (Wildman–Crippen LogP) is 4.33. The van der Waals surface area contributed by atoms with E-state index in [1.54, 1.807) is 48.5 Å². The number of hydrogen-bond donors (Lipinski definition) is 3. The van der Waals surface area contributed by atoms with Crippen LogP contribution in [0.5, 0.6) is 5.75 Å². The van der Waals surface area contributed by atoms with Crippen molar-refractivity contribution >= 4 is 29.1 Å². The number of rotatable bonds is 10. The summed E-state index contributed by atoms with van der Waals surface area (Å²) in [6, 6.07) is 13.3. The molecule has 1 aliphatic heterocycles. The second-order valence-corrected chi connectivity index (χ2v) is 9.05. The first kappa shape index (κ1) is 30.4. The van der Waals surface area contributed by atoms with Crippen molar-refractivity contribution in [3.8, 4) is 5.75 Å². The zero-order valence-corrected chi connectivity index (χ0v) is 21.1. The molecular weight excluding hydrogens is 546 g/mol. The van der Waals surface area contributed by atoms with Gasteiger partial charge in [-0.1, -0.05) is 42.5 Å². The van der Waals surface area contributed by atoms with E-state index < -0.39 is 73.8 Å². The van der Waals surface area contributed by atoms with Gasteiger partial charge in [0.25, 0.3) is 5.91 Å². The number of methoxy groups -OCH3 is 1. The highest BCUT2D eigenvalue weighted by Gasteiger charge is 2.40. The standard InChI is InChI=1S/C26H26F6N4O4/c1-40-18-9-5-8-17-19(14-6-3-2-4-7-14)34-22(24(39)35-20(17)18)36-23(38)16(11-13-26(30,31)32)15(21(33)37)10-12-25(27,28)29/h2-9,15-16,22H,10-13H2,1H3,(H2,33,37)(H,35,39)(H,36,38)/t15-,16+,22-/m1/s1. The number of fused-ring (bicyclic) bond motifs is 1. The summed E-state index contributed by atoms with van der Waals surface area (Å²) in [6.07, 6.45) is -16.4. The minimum atomic E-state index is -4.78. The Bertz CT molecular complexity index is 1260. The molecule has 0 fully saturated rings. The summed E-state index contributed by atoms with van der Waals surface area (Å²) >= 11 is 0. The monoisotopic (exact) mass is 572 g/mol. The van der Waals surface area contributed by atoms with E-state index in [1.807, 2.05) is 0 Å². The number of benzodiazepines with no additional fused rings is 1. The minimum absolute atomic E-state index is 0.211. The topological polar surface area (TPSA) is 123 Å². The van der Waals surface area contributed by atoms with Crippen LogP contribution in [0.2, 0.25) is 0 Å². The molecule has 14 heteroatoms. The molecule has 0 saturated carbocycles. The number of carbonyl (C=O) groups is 3. The van der Waals surface area contributed by atoms with Crippen molar-refractivity contribution in [3.05, 3.63) is 59.7 Å². The van der Waals surface area contributed by atoms with Gasteiger partial charge in [-0.15, -0.1) is 0 Å². The lowest BCUT2D eigenvalue weighted by atomic mass is 9.83. The highest BCUT2D eigenvalue weighted by atomic mass is 19.4. The molecule has 1 heterocycles. The largest absolute Gasteiger partial charge is 0.495 e. The Morgan fingerprint density at radius 2 is 1.57 bits per heavy atom. The summed E-state index contributed by atoms with van der Waals surface area (Å²) in [5.74, 6) is -7.08. The molecule has 8 nitrogen and oxygen atoms in total. The van der Waals surface area contributed by atoms with Gasteiger partial charge in [-0.2, -0.15) is 26.3 Å². The summed E-state index contributed by atoms with van der Waals surface area (Å²) < 4.78 is 83.0. The van der Waals surface area contributed by atoms with Crippen LogP contribution in [-0.2, 0) is 14.4 Å². The Morgan fingerprint density at radius 1 is 0.975 bits per heavy atom. The number of anilines is 1. The number of amides is 3. The summed E-state index contributed by atoms with van der Waals surface area (Å²) in [4.78, 5) is 42.8. The Labute approximate surface area is 225 Å². The number of benzene rings is 2. The Kier molecular flexibility index (Phi) is 9.43. The van der Waals surface area contributed by atoms with Gasteiger partial charge in [-0.25, -0.2) is 4.99 Å². The quantitative estimate of drug-likeness (QED) is 0.367. The number of carbonyl (C=O) groups excluding carboxylic acids is 3. The summed E-state index contributed by atoms with van der Waals surface area (Å²) in [7, 11) is 1.36. The molecule has 2 aromatic rings. The van der Waals surface area contributed by atoms with Gasteiger partial charge in [0.1, 0.15) is 5.75 Å². The maximum absolute atomic E-state index is 13.3. The average molecular weight is 573 g/mol. The molecule has 0 spiro atoms. The van der Waals surface area contributed by atoms with Gasteiger partial charge in [0.15, 0.2) is 0 Å². The van der Waals surface area contributed by atoms with Gasteiger partial charge in [0.2, 0.25) is 18.0 Å². The number of primary amides is 1. The first-order valence-corrected chi connectivity index (χ1v) is 12.0. The first-order valence-electron chi connectivity index (χ1n) is 12.0. The van der Waals surface area contributed by atoms with Crippen LogP contribution in [0.25, 0.3) is 0 Å². The smallest absolute Gasteiger partial charge is 0.389 e. The number of alkyl halides is 6. The van der Waals surface area contributed by atoms with E-state index in [-0.39, 0.29) is 17.1 Å². The van der Waals surface area contributed by atoms with Crippen LogP contribution in [0, 0.1) is 11.8 Å². The van der Waals surface area contributed by atoms with Gasteiger partial charge < -0.3 is 21.1 Å². The summed E-state index contributed by atoms with van der Waals surface area (Å²) in [5.41, 5.74) is 6.58. The summed E-state index contributed by atoms with van der Waals surface area (Å²) in [5, 5.41) is 4.79. The van der Waals surface area contributed by atoms with Crippen molar-refractivity contribution in [2.75, 3.05) is 12.4 Å². The van der Waals surface area contributed by atoms with Crippen molar-refractivity contribution in [3.63, 3.8) is 0 Å². The molecule has 0 saturated heterocycles. The van der Waals surface area contributed by atoms with Gasteiger partial charge in [0, 0.05) is 35.8 Å². The van der Waals surface area contributed by atoms with Gasteiger partial charge >= 0.3 is 12.4 Å². The third-order valence-electron chi connectivity index (χ3n) is 6.25. The lowest BCUT2D eigenvalue weighted by Crippen LogP contribution is -2.48. The number of nitrogens with zero attached hydrogens (tertiary/aromatic N) is 1. The van der Waals surface area contributed by atoms with Crippen LogP contribution >= 0.6 is 0 Å². The van der Waals surface area contributed by atoms with E-state index in [4.69, 9.17) is 10.5 Å². The maximum Gasteiger partial charge on any atom is 0.389 e. The molecule has 3 rings (SSSR count). The molecule has 0 unspecified atom stereocenters. The Balaban J connectivity index is 2.01. The fraction of sp³-hybridized carbons (Fsp3) is 0.385. The van der Waals surface area contributed by atoms with Gasteiger partial charge in [-0.05, 0) is 18.9 Å². The van der Waals surface area contributed by atoms with Crippen molar-refractivity contribution in [1.29, 1.82) is 0 Å². The van der Waals surface area contributed by atoms with Gasteiger partial charge in [-0.3, -0.25) is 14.4 Å². The highest BCUT2D eigenvalue weighted by Crippen LogP contribution is 2.34. The summed E-state index contributed by atoms with van der Waals surface area (Å²) in [6.45, 7) is 0. The number of nitrogens with one attached hydrogen (secondary N) is 2. The average Bonchev–Trinajstić information content (AvgIpc) is 3.01. The number of aliphatic imine (C=N–C) groups is 1. The molecule has 1 aliphatic rings. The number of halogens is 6. The minimum Gasteiger partial charge on any atom is -0.495 e. The molecule has 0 radical (unpaired) electrons. The van der Waals surface area contributed by atoms with Crippen LogP contribution in [0.15, 0.2) is 53.5 Å². The molecule has 216 valence electrons. The van der Waals surface area contributed by atoms with E-state index in [0.29, 0.717) is 11.1 Å². The van der Waals surface area contributed by atoms with E-state index in [0.717, 1.165) is 0 Å². The zero-order valence-electron chi connectivity index (χ0n) is 21.1.